The molecule has 3 heteroatoms. The maximum atomic E-state index is 4.36. The van der Waals surface area contributed by atoms with E-state index in [2.05, 4.69) is 57.3 Å². The summed E-state index contributed by atoms with van der Waals surface area (Å²) < 4.78 is 2.17. The molecular formula is C16H15N3. The average molecular weight is 249 g/mol. The Morgan fingerprint density at radius 1 is 1.11 bits per heavy atom. The van der Waals surface area contributed by atoms with Gasteiger partial charge < -0.3 is 9.88 Å². The summed E-state index contributed by atoms with van der Waals surface area (Å²) in [4.78, 5) is 4.36. The monoisotopic (exact) mass is 249 g/mol. The first kappa shape index (κ1) is 10.6. The van der Waals surface area contributed by atoms with Crippen molar-refractivity contribution in [3.05, 3.63) is 60.4 Å². The number of aromatic nitrogens is 2. The van der Waals surface area contributed by atoms with Crippen molar-refractivity contribution in [1.82, 2.24) is 9.55 Å². The Hall–Kier alpha value is -2.29. The molecule has 0 amide bonds. The molecule has 1 unspecified atom stereocenters. The number of anilines is 1. The number of nitrogens with zero attached hydrogens (tertiary/aromatic N) is 2. The second kappa shape index (κ2) is 4.12. The van der Waals surface area contributed by atoms with Gasteiger partial charge in [-0.3, -0.25) is 0 Å². The van der Waals surface area contributed by atoms with Gasteiger partial charge in [-0.15, -0.1) is 0 Å². The zero-order valence-electron chi connectivity index (χ0n) is 10.6. The molecule has 4 rings (SSSR count). The van der Waals surface area contributed by atoms with Crippen LogP contribution >= 0.6 is 0 Å². The van der Waals surface area contributed by atoms with E-state index in [4.69, 9.17) is 0 Å². The molecule has 3 nitrogen and oxygen atoms in total. The van der Waals surface area contributed by atoms with Crippen LogP contribution in [0.15, 0.2) is 54.9 Å². The predicted octanol–water partition coefficient (Wildman–Crippen LogP) is 3.59. The molecule has 1 atom stereocenters. The van der Waals surface area contributed by atoms with Gasteiger partial charge in [-0.25, -0.2) is 4.98 Å². The number of imidazole rings is 1. The second-order valence-corrected chi connectivity index (χ2v) is 5.00. The molecule has 0 saturated heterocycles. The summed E-state index contributed by atoms with van der Waals surface area (Å²) in [7, 11) is 0. The first-order valence-electron chi connectivity index (χ1n) is 6.67. The highest BCUT2D eigenvalue weighted by molar-refractivity contribution is 5.86. The topological polar surface area (TPSA) is 29.9 Å². The fraction of sp³-hybridized carbons (Fsp3) is 0.188. The standard InChI is InChI=1S/C16H15N3/c1-2-6-13-12(4-1)5-3-7-14(13)15-8-10-19-11-9-17-16(19)18-15/h1-7,9,11,15H,8,10H2,(H,17,18). The number of rotatable bonds is 1. The van der Waals surface area contributed by atoms with Crippen LogP contribution in [0.25, 0.3) is 10.8 Å². The summed E-state index contributed by atoms with van der Waals surface area (Å²) in [5, 5.41) is 6.17. The minimum Gasteiger partial charge on any atom is -0.349 e. The fourth-order valence-electron chi connectivity index (χ4n) is 2.91. The highest BCUT2D eigenvalue weighted by Gasteiger charge is 2.20. The van der Waals surface area contributed by atoms with Crippen LogP contribution in [0.2, 0.25) is 0 Å². The molecule has 94 valence electrons. The van der Waals surface area contributed by atoms with Gasteiger partial charge in [-0.05, 0) is 22.8 Å². The van der Waals surface area contributed by atoms with Crippen LogP contribution in [0.5, 0.6) is 0 Å². The van der Waals surface area contributed by atoms with E-state index in [1.807, 2.05) is 12.4 Å². The van der Waals surface area contributed by atoms with Crippen LogP contribution in [-0.2, 0) is 6.54 Å². The normalized spacial score (nSPS) is 18.0. The van der Waals surface area contributed by atoms with E-state index in [0.29, 0.717) is 6.04 Å². The lowest BCUT2D eigenvalue weighted by atomic mass is 9.96. The molecule has 0 radical (unpaired) electrons. The number of benzene rings is 2. The Bertz CT molecular complexity index is 724. The van der Waals surface area contributed by atoms with Gasteiger partial charge in [0, 0.05) is 18.9 Å². The molecule has 2 aromatic carbocycles. The van der Waals surface area contributed by atoms with Gasteiger partial charge in [-0.1, -0.05) is 42.5 Å². The minimum atomic E-state index is 0.348. The smallest absolute Gasteiger partial charge is 0.203 e. The average Bonchev–Trinajstić information content (AvgIpc) is 2.94. The van der Waals surface area contributed by atoms with Crippen molar-refractivity contribution in [2.75, 3.05) is 5.32 Å². The van der Waals surface area contributed by atoms with E-state index < -0.39 is 0 Å². The van der Waals surface area contributed by atoms with Crippen molar-refractivity contribution in [3.63, 3.8) is 0 Å². The summed E-state index contributed by atoms with van der Waals surface area (Å²) in [6, 6.07) is 15.4. The number of nitrogens with one attached hydrogen (secondary N) is 1. The number of fused-ring (bicyclic) bond motifs is 2. The zero-order chi connectivity index (χ0) is 12.7. The fourth-order valence-corrected chi connectivity index (χ4v) is 2.91. The Labute approximate surface area is 111 Å². The second-order valence-electron chi connectivity index (χ2n) is 5.00. The molecule has 19 heavy (non-hydrogen) atoms. The van der Waals surface area contributed by atoms with Gasteiger partial charge >= 0.3 is 0 Å². The maximum absolute atomic E-state index is 4.36. The highest BCUT2D eigenvalue weighted by atomic mass is 15.2. The first-order valence-corrected chi connectivity index (χ1v) is 6.67. The highest BCUT2D eigenvalue weighted by Crippen LogP contribution is 2.31. The molecule has 0 spiro atoms. The summed E-state index contributed by atoms with van der Waals surface area (Å²) in [6.45, 7) is 1.02. The van der Waals surface area contributed by atoms with Gasteiger partial charge in [0.25, 0.3) is 0 Å². The van der Waals surface area contributed by atoms with Crippen molar-refractivity contribution >= 4 is 16.7 Å². The molecule has 1 aliphatic rings. The summed E-state index contributed by atoms with van der Waals surface area (Å²) in [6.07, 6.45) is 4.98. The summed E-state index contributed by atoms with van der Waals surface area (Å²) >= 11 is 0. The Balaban J connectivity index is 1.80. The number of aryl methyl sites for hydroxylation is 1. The van der Waals surface area contributed by atoms with Crippen LogP contribution in [-0.4, -0.2) is 9.55 Å². The summed E-state index contributed by atoms with van der Waals surface area (Å²) in [5.41, 5.74) is 1.37. The van der Waals surface area contributed by atoms with E-state index in [1.54, 1.807) is 0 Å². The first-order chi connectivity index (χ1) is 9.42. The van der Waals surface area contributed by atoms with Gasteiger partial charge in [0.1, 0.15) is 0 Å². The van der Waals surface area contributed by atoms with Crippen molar-refractivity contribution in [1.29, 1.82) is 0 Å². The summed E-state index contributed by atoms with van der Waals surface area (Å²) in [5.74, 6) is 0.976. The van der Waals surface area contributed by atoms with E-state index in [0.717, 1.165) is 18.9 Å². The lowest BCUT2D eigenvalue weighted by Gasteiger charge is -2.26. The number of hydrogen-bond donors (Lipinski definition) is 1. The molecule has 0 aliphatic carbocycles. The molecule has 2 heterocycles. The van der Waals surface area contributed by atoms with Crippen LogP contribution in [0.4, 0.5) is 5.95 Å². The van der Waals surface area contributed by atoms with Crippen molar-refractivity contribution in [2.45, 2.75) is 19.0 Å². The van der Waals surface area contributed by atoms with E-state index in [-0.39, 0.29) is 0 Å². The zero-order valence-corrected chi connectivity index (χ0v) is 10.6. The van der Waals surface area contributed by atoms with Crippen LogP contribution in [0, 0.1) is 0 Å². The Morgan fingerprint density at radius 3 is 3.00 bits per heavy atom. The molecule has 0 bridgehead atoms. The third-order valence-corrected chi connectivity index (χ3v) is 3.88. The van der Waals surface area contributed by atoms with Crippen molar-refractivity contribution < 1.29 is 0 Å². The van der Waals surface area contributed by atoms with Gasteiger partial charge in [0.2, 0.25) is 5.95 Å². The molecular weight excluding hydrogens is 234 g/mol. The molecule has 0 fully saturated rings. The SMILES string of the molecule is c1ccc2c(C3CCn4ccnc4N3)cccc2c1. The van der Waals surface area contributed by atoms with Crippen LogP contribution in [0.3, 0.4) is 0 Å². The third-order valence-electron chi connectivity index (χ3n) is 3.88. The molecule has 1 N–H and O–H groups in total. The third kappa shape index (κ3) is 1.70. The number of hydrogen-bond acceptors (Lipinski definition) is 2. The minimum absolute atomic E-state index is 0.348. The lowest BCUT2D eigenvalue weighted by Crippen LogP contribution is -2.22. The van der Waals surface area contributed by atoms with Crippen molar-refractivity contribution in [3.8, 4) is 0 Å². The van der Waals surface area contributed by atoms with E-state index in [9.17, 15) is 0 Å². The van der Waals surface area contributed by atoms with Gasteiger partial charge in [0.05, 0.1) is 6.04 Å². The Kier molecular flexibility index (Phi) is 2.30. The molecule has 1 aromatic heterocycles. The van der Waals surface area contributed by atoms with Crippen molar-refractivity contribution in [2.24, 2.45) is 0 Å². The van der Waals surface area contributed by atoms with Crippen LogP contribution < -0.4 is 5.32 Å². The molecule has 0 saturated carbocycles. The predicted molar refractivity (Wildman–Crippen MR) is 77.2 cm³/mol. The van der Waals surface area contributed by atoms with E-state index >= 15 is 0 Å². The maximum Gasteiger partial charge on any atom is 0.203 e. The quantitative estimate of drug-likeness (QED) is 0.714. The van der Waals surface area contributed by atoms with Gasteiger partial charge in [0.15, 0.2) is 0 Å². The van der Waals surface area contributed by atoms with Gasteiger partial charge in [-0.2, -0.15) is 0 Å². The van der Waals surface area contributed by atoms with E-state index in [1.165, 1.54) is 16.3 Å². The molecule has 3 aromatic rings. The lowest BCUT2D eigenvalue weighted by molar-refractivity contribution is 0.544. The Morgan fingerprint density at radius 2 is 2.00 bits per heavy atom. The molecule has 1 aliphatic heterocycles. The largest absolute Gasteiger partial charge is 0.349 e. The van der Waals surface area contributed by atoms with Crippen LogP contribution in [0.1, 0.15) is 18.0 Å².